The number of aromatic nitrogens is 2. The van der Waals surface area contributed by atoms with Gasteiger partial charge in [-0.15, -0.1) is 0 Å². The molecule has 0 bridgehead atoms. The molecule has 10 heteroatoms. The molecule has 10 nitrogen and oxygen atoms in total. The molecule has 2 atom stereocenters. The first kappa shape index (κ1) is 23.2. The van der Waals surface area contributed by atoms with E-state index in [-0.39, 0.29) is 23.8 Å². The van der Waals surface area contributed by atoms with Gasteiger partial charge in [-0.05, 0) is 44.0 Å². The van der Waals surface area contributed by atoms with Crippen molar-refractivity contribution >= 4 is 11.8 Å². The van der Waals surface area contributed by atoms with Crippen molar-refractivity contribution in [1.82, 2.24) is 24.8 Å². The molecule has 2 fully saturated rings. The molecule has 1 aromatic carbocycles. The monoisotopic (exact) mass is 456 g/mol. The number of rotatable bonds is 7. The average molecular weight is 457 g/mol. The van der Waals surface area contributed by atoms with E-state index in [0.29, 0.717) is 31.3 Å². The lowest BCUT2D eigenvalue weighted by Gasteiger charge is -2.40. The Bertz CT molecular complexity index is 954. The first-order chi connectivity index (χ1) is 15.9. The molecule has 3 heterocycles. The number of nitrogens with two attached hydrogens (primary N) is 1. The number of carbonyl (C=O) groups is 2. The minimum absolute atomic E-state index is 0.0791. The third-order valence-corrected chi connectivity index (χ3v) is 6.62. The molecule has 2 aliphatic heterocycles. The highest BCUT2D eigenvalue weighted by molar-refractivity contribution is 5.83. The van der Waals surface area contributed by atoms with Crippen molar-refractivity contribution in [3.05, 3.63) is 30.2 Å². The van der Waals surface area contributed by atoms with Crippen LogP contribution in [0, 0.1) is 5.92 Å². The molecule has 178 valence electrons. The Morgan fingerprint density at radius 3 is 2.58 bits per heavy atom. The molecule has 0 aliphatic carbocycles. The van der Waals surface area contributed by atoms with Crippen LogP contribution in [0.15, 0.2) is 28.8 Å². The van der Waals surface area contributed by atoms with Crippen LogP contribution >= 0.6 is 0 Å². The summed E-state index contributed by atoms with van der Waals surface area (Å²) in [4.78, 5) is 35.3. The third kappa shape index (κ3) is 5.51. The van der Waals surface area contributed by atoms with E-state index in [0.717, 1.165) is 50.3 Å². The van der Waals surface area contributed by atoms with E-state index in [1.165, 1.54) is 0 Å². The molecule has 2 unspecified atom stereocenters. The number of likely N-dealkylation sites (tertiary alicyclic amines) is 1. The van der Waals surface area contributed by atoms with Crippen molar-refractivity contribution in [1.29, 1.82) is 0 Å². The molecule has 4 rings (SSSR count). The lowest BCUT2D eigenvalue weighted by Crippen LogP contribution is -2.56. The number of hydrogen-bond donors (Lipinski definition) is 1. The van der Waals surface area contributed by atoms with Crippen molar-refractivity contribution < 1.29 is 18.8 Å². The molecule has 1 aromatic heterocycles. The van der Waals surface area contributed by atoms with Crippen LogP contribution in [-0.2, 0) is 16.1 Å². The van der Waals surface area contributed by atoms with E-state index in [1.807, 2.05) is 31.2 Å². The van der Waals surface area contributed by atoms with Crippen LogP contribution in [-0.4, -0.2) is 89.1 Å². The standard InChI is InChI=1S/C23H32N6O4/c1-16(23(31)29-9-3-4-18(14-29)21(24)30)28-12-10-27(11-13-28)15-20-25-22(26-33-20)17-5-7-19(32-2)8-6-17/h5-8,16,18H,3-4,9-15H2,1-2H3,(H2,24,30). The SMILES string of the molecule is COc1ccc(-c2noc(CN3CCN(C(C)C(=O)N4CCCC(C(N)=O)C4)CC3)n2)cc1. The zero-order valence-electron chi connectivity index (χ0n) is 19.3. The lowest BCUT2D eigenvalue weighted by atomic mass is 9.97. The number of methoxy groups -OCH3 is 1. The Hall–Kier alpha value is -2.98. The molecular formula is C23H32N6O4. The minimum Gasteiger partial charge on any atom is -0.497 e. The van der Waals surface area contributed by atoms with Crippen LogP contribution in [0.1, 0.15) is 25.7 Å². The zero-order chi connectivity index (χ0) is 23.4. The first-order valence-corrected chi connectivity index (χ1v) is 11.5. The first-order valence-electron chi connectivity index (χ1n) is 11.5. The van der Waals surface area contributed by atoms with Gasteiger partial charge < -0.3 is 19.9 Å². The highest BCUT2D eigenvalue weighted by Gasteiger charge is 2.33. The summed E-state index contributed by atoms with van der Waals surface area (Å²) in [5, 5.41) is 4.10. The van der Waals surface area contributed by atoms with Crippen molar-refractivity contribution in [3.8, 4) is 17.1 Å². The van der Waals surface area contributed by atoms with Crippen molar-refractivity contribution in [2.45, 2.75) is 32.4 Å². The quantitative estimate of drug-likeness (QED) is 0.655. The second-order valence-electron chi connectivity index (χ2n) is 8.75. The molecule has 0 spiro atoms. The molecule has 0 saturated carbocycles. The zero-order valence-corrected chi connectivity index (χ0v) is 19.3. The Morgan fingerprint density at radius 1 is 1.18 bits per heavy atom. The number of amides is 2. The molecule has 2 N–H and O–H groups in total. The molecule has 2 aromatic rings. The van der Waals surface area contributed by atoms with Crippen molar-refractivity contribution in [3.63, 3.8) is 0 Å². The number of ether oxygens (including phenoxy) is 1. The van der Waals surface area contributed by atoms with E-state index in [4.69, 9.17) is 15.0 Å². The number of benzene rings is 1. The smallest absolute Gasteiger partial charge is 0.241 e. The largest absolute Gasteiger partial charge is 0.497 e. The maximum atomic E-state index is 13.0. The number of nitrogens with zero attached hydrogens (tertiary/aromatic N) is 5. The van der Waals surface area contributed by atoms with Gasteiger partial charge in [0.1, 0.15) is 5.75 Å². The van der Waals surface area contributed by atoms with Gasteiger partial charge in [-0.2, -0.15) is 4.98 Å². The van der Waals surface area contributed by atoms with Gasteiger partial charge in [0.2, 0.25) is 23.5 Å². The fourth-order valence-corrected chi connectivity index (χ4v) is 4.51. The van der Waals surface area contributed by atoms with Gasteiger partial charge in [0, 0.05) is 44.8 Å². The fraction of sp³-hybridized carbons (Fsp3) is 0.565. The normalized spacial score (nSPS) is 21.0. The summed E-state index contributed by atoms with van der Waals surface area (Å²) in [6, 6.07) is 7.32. The van der Waals surface area contributed by atoms with Crippen LogP contribution < -0.4 is 10.5 Å². The highest BCUT2D eigenvalue weighted by atomic mass is 16.5. The predicted octanol–water partition coefficient (Wildman–Crippen LogP) is 0.975. The van der Waals surface area contributed by atoms with Gasteiger partial charge in [0.05, 0.1) is 25.6 Å². The van der Waals surface area contributed by atoms with E-state index >= 15 is 0 Å². The van der Waals surface area contributed by atoms with Gasteiger partial charge in [0.25, 0.3) is 0 Å². The van der Waals surface area contributed by atoms with Crippen molar-refractivity contribution in [2.75, 3.05) is 46.4 Å². The predicted molar refractivity (Wildman–Crippen MR) is 121 cm³/mol. The second kappa shape index (κ2) is 10.3. The molecule has 33 heavy (non-hydrogen) atoms. The minimum atomic E-state index is -0.315. The summed E-state index contributed by atoms with van der Waals surface area (Å²) < 4.78 is 10.6. The molecule has 2 aliphatic rings. The second-order valence-corrected chi connectivity index (χ2v) is 8.75. The number of primary amides is 1. The summed E-state index contributed by atoms with van der Waals surface area (Å²) in [5.41, 5.74) is 6.33. The highest BCUT2D eigenvalue weighted by Crippen LogP contribution is 2.21. The third-order valence-electron chi connectivity index (χ3n) is 6.62. The number of piperazine rings is 1. The fourth-order valence-electron chi connectivity index (χ4n) is 4.51. The summed E-state index contributed by atoms with van der Waals surface area (Å²) in [7, 11) is 1.63. The molecule has 2 saturated heterocycles. The average Bonchev–Trinajstić information content (AvgIpc) is 3.32. The summed E-state index contributed by atoms with van der Waals surface area (Å²) >= 11 is 0. The maximum absolute atomic E-state index is 13.0. The van der Waals surface area contributed by atoms with Crippen LogP contribution in [0.25, 0.3) is 11.4 Å². The van der Waals surface area contributed by atoms with Crippen LogP contribution in [0.2, 0.25) is 0 Å². The van der Waals surface area contributed by atoms with Crippen LogP contribution in [0.5, 0.6) is 5.75 Å². The number of carbonyl (C=O) groups excluding carboxylic acids is 2. The van der Waals surface area contributed by atoms with Gasteiger partial charge in [0.15, 0.2) is 0 Å². The Labute approximate surface area is 193 Å². The summed E-state index contributed by atoms with van der Waals surface area (Å²) in [6.07, 6.45) is 1.59. The van der Waals surface area contributed by atoms with E-state index in [1.54, 1.807) is 12.0 Å². The summed E-state index contributed by atoms with van der Waals surface area (Å²) in [6.45, 7) is 6.83. The molecular weight excluding hydrogens is 424 g/mol. The maximum Gasteiger partial charge on any atom is 0.241 e. The van der Waals surface area contributed by atoms with Gasteiger partial charge >= 0.3 is 0 Å². The van der Waals surface area contributed by atoms with Crippen LogP contribution in [0.3, 0.4) is 0 Å². The summed E-state index contributed by atoms with van der Waals surface area (Å²) in [5.74, 6) is 1.44. The number of hydrogen-bond acceptors (Lipinski definition) is 8. The van der Waals surface area contributed by atoms with E-state index in [9.17, 15) is 9.59 Å². The van der Waals surface area contributed by atoms with Gasteiger partial charge in [-0.1, -0.05) is 5.16 Å². The molecule has 2 amide bonds. The number of piperidine rings is 1. The molecule has 0 radical (unpaired) electrons. The van der Waals surface area contributed by atoms with E-state index in [2.05, 4.69) is 19.9 Å². The van der Waals surface area contributed by atoms with Gasteiger partial charge in [-0.25, -0.2) is 0 Å². The Morgan fingerprint density at radius 2 is 1.91 bits per heavy atom. The Balaban J connectivity index is 1.27. The van der Waals surface area contributed by atoms with Crippen LogP contribution in [0.4, 0.5) is 0 Å². The van der Waals surface area contributed by atoms with E-state index < -0.39 is 0 Å². The van der Waals surface area contributed by atoms with Gasteiger partial charge in [-0.3, -0.25) is 19.4 Å². The van der Waals surface area contributed by atoms with Crippen molar-refractivity contribution in [2.24, 2.45) is 11.7 Å². The topological polar surface area (TPSA) is 118 Å². The Kier molecular flexibility index (Phi) is 7.24. The lowest BCUT2D eigenvalue weighted by molar-refractivity contribution is -0.140.